The number of nitrogens with zero attached hydrogens (tertiary/aromatic N) is 3. The Kier molecular flexibility index (Phi) is 4.33. The minimum Gasteiger partial charge on any atom is -0.481 e. The van der Waals surface area contributed by atoms with Crippen LogP contribution in [0.1, 0.15) is 41.0 Å². The summed E-state index contributed by atoms with van der Waals surface area (Å²) < 4.78 is 1.73. The summed E-state index contributed by atoms with van der Waals surface area (Å²) in [4.78, 5) is 27.6. The number of aliphatic carboxylic acids is 1. The van der Waals surface area contributed by atoms with Crippen LogP contribution in [0.3, 0.4) is 0 Å². The Morgan fingerprint density at radius 2 is 2.08 bits per heavy atom. The highest BCUT2D eigenvalue weighted by Gasteiger charge is 2.30. The molecule has 3 rings (SSSR count). The van der Waals surface area contributed by atoms with E-state index >= 15 is 0 Å². The van der Waals surface area contributed by atoms with Crippen molar-refractivity contribution in [1.29, 1.82) is 0 Å². The van der Waals surface area contributed by atoms with Crippen molar-refractivity contribution in [1.82, 2.24) is 20.1 Å². The van der Waals surface area contributed by atoms with Gasteiger partial charge in [0.2, 0.25) is 0 Å². The van der Waals surface area contributed by atoms with E-state index in [0.717, 1.165) is 11.4 Å². The number of hydrogen-bond acceptors (Lipinski definition) is 4. The largest absolute Gasteiger partial charge is 0.481 e. The van der Waals surface area contributed by atoms with Gasteiger partial charge in [-0.25, -0.2) is 9.67 Å². The third-order valence-electron chi connectivity index (χ3n) is 4.35. The van der Waals surface area contributed by atoms with Gasteiger partial charge in [0.05, 0.1) is 17.2 Å². The Morgan fingerprint density at radius 1 is 1.29 bits per heavy atom. The standard InChI is InChI=1S/C17H20N4O3/c1-10-7-11(2)21(20-10)15-6-4-13(9-18-15)16(22)19-14-5-3-12(8-14)17(23)24/h4,6-7,9,12,14H,3,5,8H2,1-2H3,(H,19,22)(H,23,24)/t12-,14+/m1/s1. The van der Waals surface area contributed by atoms with Gasteiger partial charge in [0.15, 0.2) is 5.82 Å². The first-order chi connectivity index (χ1) is 11.4. The van der Waals surface area contributed by atoms with E-state index in [1.54, 1.807) is 16.8 Å². The number of hydrogen-bond donors (Lipinski definition) is 2. The van der Waals surface area contributed by atoms with E-state index in [9.17, 15) is 9.59 Å². The molecule has 2 aromatic rings. The molecule has 0 aromatic carbocycles. The Bertz CT molecular complexity index is 767. The van der Waals surface area contributed by atoms with E-state index in [-0.39, 0.29) is 17.9 Å². The second kappa shape index (κ2) is 6.43. The van der Waals surface area contributed by atoms with Gasteiger partial charge in [0, 0.05) is 17.9 Å². The molecule has 0 saturated heterocycles. The van der Waals surface area contributed by atoms with Crippen molar-refractivity contribution < 1.29 is 14.7 Å². The lowest BCUT2D eigenvalue weighted by molar-refractivity contribution is -0.141. The SMILES string of the molecule is Cc1cc(C)n(-c2ccc(C(=O)N[C@H]3CC[C@@H](C(=O)O)C3)cn2)n1. The van der Waals surface area contributed by atoms with Crippen molar-refractivity contribution in [2.75, 3.05) is 0 Å². The summed E-state index contributed by atoms with van der Waals surface area (Å²) in [5.41, 5.74) is 2.34. The lowest BCUT2D eigenvalue weighted by Crippen LogP contribution is -2.33. The second-order valence-corrected chi connectivity index (χ2v) is 6.26. The predicted octanol–water partition coefficient (Wildman–Crippen LogP) is 1.87. The highest BCUT2D eigenvalue weighted by Crippen LogP contribution is 2.25. The van der Waals surface area contributed by atoms with Gasteiger partial charge in [0.1, 0.15) is 0 Å². The molecule has 2 atom stereocenters. The molecule has 0 aliphatic heterocycles. The molecule has 1 aliphatic rings. The molecule has 1 aliphatic carbocycles. The molecular weight excluding hydrogens is 308 g/mol. The fourth-order valence-corrected chi connectivity index (χ4v) is 3.11. The van der Waals surface area contributed by atoms with E-state index in [1.807, 2.05) is 19.9 Å². The fourth-order valence-electron chi connectivity index (χ4n) is 3.11. The van der Waals surface area contributed by atoms with Gasteiger partial charge in [0.25, 0.3) is 5.91 Å². The smallest absolute Gasteiger partial charge is 0.306 e. The van der Waals surface area contributed by atoms with Crippen LogP contribution in [-0.4, -0.2) is 37.8 Å². The minimum atomic E-state index is -0.789. The Labute approximate surface area is 139 Å². The van der Waals surface area contributed by atoms with Crippen LogP contribution >= 0.6 is 0 Å². The second-order valence-electron chi connectivity index (χ2n) is 6.26. The number of carboxylic acids is 1. The van der Waals surface area contributed by atoms with Crippen LogP contribution < -0.4 is 5.32 Å². The Balaban J connectivity index is 1.66. The van der Waals surface area contributed by atoms with Crippen molar-refractivity contribution in [3.8, 4) is 5.82 Å². The number of carbonyl (C=O) groups is 2. The summed E-state index contributed by atoms with van der Waals surface area (Å²) in [7, 11) is 0. The molecule has 2 aromatic heterocycles. The van der Waals surface area contributed by atoms with Gasteiger partial charge in [-0.15, -0.1) is 0 Å². The van der Waals surface area contributed by atoms with Crippen LogP contribution in [0.15, 0.2) is 24.4 Å². The van der Waals surface area contributed by atoms with E-state index in [1.165, 1.54) is 6.20 Å². The fraction of sp³-hybridized carbons (Fsp3) is 0.412. The van der Waals surface area contributed by atoms with E-state index < -0.39 is 5.97 Å². The van der Waals surface area contributed by atoms with Crippen LogP contribution in [0.4, 0.5) is 0 Å². The van der Waals surface area contributed by atoms with Gasteiger partial charge < -0.3 is 10.4 Å². The normalized spacial score (nSPS) is 20.1. The van der Waals surface area contributed by atoms with Crippen LogP contribution in [0.5, 0.6) is 0 Å². The van der Waals surface area contributed by atoms with Gasteiger partial charge in [-0.3, -0.25) is 9.59 Å². The number of carboxylic acid groups (broad SMARTS) is 1. The van der Waals surface area contributed by atoms with Crippen molar-refractivity contribution in [3.05, 3.63) is 41.3 Å². The summed E-state index contributed by atoms with van der Waals surface area (Å²) >= 11 is 0. The molecule has 0 radical (unpaired) electrons. The van der Waals surface area contributed by atoms with E-state index in [4.69, 9.17) is 5.11 Å². The number of amides is 1. The molecule has 1 fully saturated rings. The summed E-state index contributed by atoms with van der Waals surface area (Å²) in [6.45, 7) is 3.86. The van der Waals surface area contributed by atoms with Crippen molar-refractivity contribution in [2.45, 2.75) is 39.2 Å². The first kappa shape index (κ1) is 16.2. The zero-order valence-electron chi connectivity index (χ0n) is 13.7. The third-order valence-corrected chi connectivity index (χ3v) is 4.35. The topological polar surface area (TPSA) is 97.1 Å². The summed E-state index contributed by atoms with van der Waals surface area (Å²) in [6, 6.07) is 5.33. The van der Waals surface area contributed by atoms with E-state index in [0.29, 0.717) is 30.6 Å². The maximum Gasteiger partial charge on any atom is 0.306 e. The van der Waals surface area contributed by atoms with E-state index in [2.05, 4.69) is 15.4 Å². The Hall–Kier alpha value is -2.70. The highest BCUT2D eigenvalue weighted by atomic mass is 16.4. The van der Waals surface area contributed by atoms with Gasteiger partial charge in [-0.2, -0.15) is 5.10 Å². The monoisotopic (exact) mass is 328 g/mol. The average Bonchev–Trinajstić information content (AvgIpc) is 3.14. The van der Waals surface area contributed by atoms with Crippen molar-refractivity contribution >= 4 is 11.9 Å². The molecular formula is C17H20N4O3. The molecule has 7 heteroatoms. The quantitative estimate of drug-likeness (QED) is 0.893. The maximum absolute atomic E-state index is 12.3. The number of rotatable bonds is 4. The predicted molar refractivity (Wildman–Crippen MR) is 87.1 cm³/mol. The summed E-state index contributed by atoms with van der Waals surface area (Å²) in [6.07, 6.45) is 3.30. The number of aryl methyl sites for hydroxylation is 2. The molecule has 2 N–H and O–H groups in total. The first-order valence-electron chi connectivity index (χ1n) is 7.97. The van der Waals surface area contributed by atoms with Gasteiger partial charge in [-0.05, 0) is 51.3 Å². The molecule has 126 valence electrons. The molecule has 7 nitrogen and oxygen atoms in total. The maximum atomic E-state index is 12.3. The lowest BCUT2D eigenvalue weighted by atomic mass is 10.1. The van der Waals surface area contributed by atoms with Crippen molar-refractivity contribution in [3.63, 3.8) is 0 Å². The number of aromatic nitrogens is 3. The summed E-state index contributed by atoms with van der Waals surface area (Å²) in [5.74, 6) is -0.716. The molecule has 0 unspecified atom stereocenters. The first-order valence-corrected chi connectivity index (χ1v) is 7.97. The molecule has 1 saturated carbocycles. The molecule has 0 spiro atoms. The van der Waals surface area contributed by atoms with Crippen LogP contribution in [-0.2, 0) is 4.79 Å². The number of nitrogens with one attached hydrogen (secondary N) is 1. The van der Waals surface area contributed by atoms with Gasteiger partial charge >= 0.3 is 5.97 Å². The van der Waals surface area contributed by atoms with Crippen LogP contribution in [0.25, 0.3) is 5.82 Å². The van der Waals surface area contributed by atoms with Crippen LogP contribution in [0.2, 0.25) is 0 Å². The average molecular weight is 328 g/mol. The molecule has 2 heterocycles. The zero-order chi connectivity index (χ0) is 17.3. The zero-order valence-corrected chi connectivity index (χ0v) is 13.7. The lowest BCUT2D eigenvalue weighted by Gasteiger charge is -2.12. The molecule has 0 bridgehead atoms. The Morgan fingerprint density at radius 3 is 2.62 bits per heavy atom. The van der Waals surface area contributed by atoms with Gasteiger partial charge in [-0.1, -0.05) is 0 Å². The number of carbonyl (C=O) groups excluding carboxylic acids is 1. The molecule has 1 amide bonds. The minimum absolute atomic E-state index is 0.0886. The van der Waals surface area contributed by atoms with Crippen molar-refractivity contribution in [2.24, 2.45) is 5.92 Å². The number of pyridine rings is 1. The molecule has 24 heavy (non-hydrogen) atoms. The summed E-state index contributed by atoms with van der Waals surface area (Å²) in [5, 5.41) is 16.3. The van der Waals surface area contributed by atoms with Crippen LogP contribution in [0, 0.1) is 19.8 Å². The highest BCUT2D eigenvalue weighted by molar-refractivity contribution is 5.94. The third kappa shape index (κ3) is 3.29.